The molecule has 3 N–H and O–H groups in total. The van der Waals surface area contributed by atoms with Crippen molar-refractivity contribution in [3.63, 3.8) is 0 Å². The Morgan fingerprint density at radius 3 is 2.59 bits per heavy atom. The highest BCUT2D eigenvalue weighted by molar-refractivity contribution is 5.85. The van der Waals surface area contributed by atoms with Gasteiger partial charge < -0.3 is 25.8 Å². The zero-order chi connectivity index (χ0) is 18.4. The molecule has 3 aliphatic rings. The molecule has 2 aliphatic heterocycles. The molecule has 0 radical (unpaired) electrons. The molecule has 3 fully saturated rings. The van der Waals surface area contributed by atoms with Crippen LogP contribution < -0.4 is 16.0 Å². The number of piperazine rings is 1. The van der Waals surface area contributed by atoms with Gasteiger partial charge in [-0.25, -0.2) is 4.79 Å². The number of likely N-dealkylation sites (tertiary alicyclic amines) is 1. The lowest BCUT2D eigenvalue weighted by molar-refractivity contribution is -0.139. The van der Waals surface area contributed by atoms with E-state index in [1.165, 1.54) is 6.42 Å². The highest BCUT2D eigenvalue weighted by Crippen LogP contribution is 2.18. The normalized spacial score (nSPS) is 24.1. The van der Waals surface area contributed by atoms with Crippen LogP contribution in [0.5, 0.6) is 0 Å². The van der Waals surface area contributed by atoms with Crippen LogP contribution in [0.4, 0.5) is 4.79 Å². The highest BCUT2D eigenvalue weighted by Gasteiger charge is 2.31. The first kappa shape index (κ1) is 21.8. The van der Waals surface area contributed by atoms with Gasteiger partial charge >= 0.3 is 6.03 Å². The Balaban J connectivity index is 0.00000261. The number of urea groups is 1. The number of piperidine rings is 1. The summed E-state index contributed by atoms with van der Waals surface area (Å²) in [5.74, 6) is 0.0385. The summed E-state index contributed by atoms with van der Waals surface area (Å²) in [5.41, 5.74) is 0. The molecule has 0 aromatic carbocycles. The van der Waals surface area contributed by atoms with Gasteiger partial charge in [-0.2, -0.15) is 0 Å². The maximum Gasteiger partial charge on any atom is 0.315 e. The fourth-order valence-electron chi connectivity index (χ4n) is 4.19. The fourth-order valence-corrected chi connectivity index (χ4v) is 4.19. The predicted molar refractivity (Wildman–Crippen MR) is 105 cm³/mol. The molecule has 1 unspecified atom stereocenters. The molecule has 8 nitrogen and oxygen atoms in total. The van der Waals surface area contributed by atoms with Gasteiger partial charge in [0.25, 0.3) is 0 Å². The Morgan fingerprint density at radius 2 is 1.85 bits per heavy atom. The molecule has 2 saturated heterocycles. The first-order valence-corrected chi connectivity index (χ1v) is 9.96. The maximum atomic E-state index is 12.5. The van der Waals surface area contributed by atoms with Crippen molar-refractivity contribution in [2.45, 2.75) is 57.0 Å². The van der Waals surface area contributed by atoms with E-state index >= 15 is 0 Å². The topological polar surface area (TPSA) is 93.8 Å². The molecular formula is C18H32ClN5O3. The second kappa shape index (κ2) is 10.7. The smallest absolute Gasteiger partial charge is 0.315 e. The molecule has 0 aromatic rings. The quantitative estimate of drug-likeness (QED) is 0.638. The van der Waals surface area contributed by atoms with E-state index in [0.717, 1.165) is 45.1 Å². The van der Waals surface area contributed by atoms with Gasteiger partial charge in [0, 0.05) is 38.3 Å². The van der Waals surface area contributed by atoms with Gasteiger partial charge in [-0.1, -0.05) is 19.3 Å². The van der Waals surface area contributed by atoms with E-state index in [1.807, 2.05) is 4.90 Å². The average Bonchev–Trinajstić information content (AvgIpc) is 2.67. The number of carbonyl (C=O) groups is 3. The van der Waals surface area contributed by atoms with Gasteiger partial charge in [-0.05, 0) is 25.7 Å². The van der Waals surface area contributed by atoms with Crippen molar-refractivity contribution in [1.29, 1.82) is 0 Å². The maximum absolute atomic E-state index is 12.5. The summed E-state index contributed by atoms with van der Waals surface area (Å²) < 4.78 is 0. The van der Waals surface area contributed by atoms with E-state index in [9.17, 15) is 14.4 Å². The van der Waals surface area contributed by atoms with Crippen molar-refractivity contribution in [2.75, 3.05) is 39.3 Å². The first-order chi connectivity index (χ1) is 12.6. The average molecular weight is 402 g/mol. The lowest BCUT2D eigenvalue weighted by Crippen LogP contribution is -2.58. The number of rotatable bonds is 4. The SMILES string of the molecule is Cl.O=C(NCC(=O)N1CCCC(N2CCNCC2=O)C1)NC1CCCCC1. The van der Waals surface area contributed by atoms with Gasteiger partial charge in [0.05, 0.1) is 13.1 Å². The van der Waals surface area contributed by atoms with Crippen LogP contribution in [0.1, 0.15) is 44.9 Å². The Hall–Kier alpha value is -1.54. The van der Waals surface area contributed by atoms with E-state index in [1.54, 1.807) is 4.90 Å². The molecule has 3 rings (SSSR count). The third-order valence-electron chi connectivity index (χ3n) is 5.66. The van der Waals surface area contributed by atoms with Gasteiger partial charge in [-0.3, -0.25) is 9.59 Å². The van der Waals surface area contributed by atoms with E-state index in [4.69, 9.17) is 0 Å². The summed E-state index contributed by atoms with van der Waals surface area (Å²) in [4.78, 5) is 40.2. The van der Waals surface area contributed by atoms with Gasteiger partial charge in [0.15, 0.2) is 0 Å². The Morgan fingerprint density at radius 1 is 1.07 bits per heavy atom. The number of hydrogen-bond acceptors (Lipinski definition) is 4. The van der Waals surface area contributed by atoms with Crippen LogP contribution in [0.15, 0.2) is 0 Å². The number of carbonyl (C=O) groups excluding carboxylic acids is 3. The molecule has 27 heavy (non-hydrogen) atoms. The van der Waals surface area contributed by atoms with E-state index in [2.05, 4.69) is 16.0 Å². The van der Waals surface area contributed by atoms with Gasteiger partial charge in [-0.15, -0.1) is 12.4 Å². The lowest BCUT2D eigenvalue weighted by Gasteiger charge is -2.41. The molecule has 1 aliphatic carbocycles. The van der Waals surface area contributed by atoms with Crippen LogP contribution in [0.3, 0.4) is 0 Å². The molecule has 0 bridgehead atoms. The van der Waals surface area contributed by atoms with Gasteiger partial charge in [0.1, 0.15) is 0 Å². The second-order valence-corrected chi connectivity index (χ2v) is 7.56. The van der Waals surface area contributed by atoms with Crippen molar-refractivity contribution in [2.24, 2.45) is 0 Å². The molecule has 1 saturated carbocycles. The number of amides is 4. The van der Waals surface area contributed by atoms with Crippen LogP contribution in [-0.2, 0) is 9.59 Å². The number of hydrogen-bond donors (Lipinski definition) is 3. The molecule has 0 aromatic heterocycles. The van der Waals surface area contributed by atoms with Crippen LogP contribution in [0.2, 0.25) is 0 Å². The van der Waals surface area contributed by atoms with E-state index < -0.39 is 0 Å². The van der Waals surface area contributed by atoms with Crippen LogP contribution in [0, 0.1) is 0 Å². The molecule has 0 spiro atoms. The first-order valence-electron chi connectivity index (χ1n) is 9.96. The summed E-state index contributed by atoms with van der Waals surface area (Å²) in [5, 5.41) is 8.74. The van der Waals surface area contributed by atoms with Crippen LogP contribution in [-0.4, -0.2) is 79.0 Å². The monoisotopic (exact) mass is 401 g/mol. The summed E-state index contributed by atoms with van der Waals surface area (Å²) in [7, 11) is 0. The minimum Gasteiger partial charge on any atom is -0.339 e. The Bertz CT molecular complexity index is 527. The fraction of sp³-hybridized carbons (Fsp3) is 0.833. The van der Waals surface area contributed by atoms with Crippen molar-refractivity contribution in [3.8, 4) is 0 Å². The van der Waals surface area contributed by atoms with Crippen molar-refractivity contribution in [1.82, 2.24) is 25.8 Å². The summed E-state index contributed by atoms with van der Waals surface area (Å²) in [6, 6.07) is 0.0754. The van der Waals surface area contributed by atoms with E-state index in [0.29, 0.717) is 26.2 Å². The van der Waals surface area contributed by atoms with Gasteiger partial charge in [0.2, 0.25) is 11.8 Å². The Labute approximate surface area is 167 Å². The molecule has 1 atom stereocenters. The standard InChI is InChI=1S/C18H31N5O3.ClH/c24-16(12-20-18(26)21-14-5-2-1-3-6-14)22-9-4-7-15(13-22)23-10-8-19-11-17(23)25;/h14-15,19H,1-13H2,(H2,20,21,26);1H. The third-order valence-corrected chi connectivity index (χ3v) is 5.66. The molecule has 9 heteroatoms. The molecule has 2 heterocycles. The highest BCUT2D eigenvalue weighted by atomic mass is 35.5. The van der Waals surface area contributed by atoms with E-state index in [-0.39, 0.29) is 48.9 Å². The zero-order valence-electron chi connectivity index (χ0n) is 15.9. The van der Waals surface area contributed by atoms with Crippen molar-refractivity contribution in [3.05, 3.63) is 0 Å². The number of nitrogens with zero attached hydrogens (tertiary/aromatic N) is 2. The van der Waals surface area contributed by atoms with Crippen molar-refractivity contribution < 1.29 is 14.4 Å². The zero-order valence-corrected chi connectivity index (χ0v) is 16.7. The Kier molecular flexibility index (Phi) is 8.63. The number of halogens is 1. The predicted octanol–water partition coefficient (Wildman–Crippen LogP) is 0.463. The summed E-state index contributed by atoms with van der Waals surface area (Å²) in [6.45, 7) is 3.17. The minimum atomic E-state index is -0.254. The summed E-state index contributed by atoms with van der Waals surface area (Å²) >= 11 is 0. The molecule has 4 amide bonds. The van der Waals surface area contributed by atoms with Crippen LogP contribution >= 0.6 is 12.4 Å². The summed E-state index contributed by atoms with van der Waals surface area (Å²) in [6.07, 6.45) is 7.42. The molecular weight excluding hydrogens is 370 g/mol. The lowest BCUT2D eigenvalue weighted by atomic mass is 9.96. The van der Waals surface area contributed by atoms with Crippen LogP contribution in [0.25, 0.3) is 0 Å². The number of nitrogens with one attached hydrogen (secondary N) is 3. The minimum absolute atomic E-state index is 0. The third kappa shape index (κ3) is 6.24. The largest absolute Gasteiger partial charge is 0.339 e. The van der Waals surface area contributed by atoms with Crippen molar-refractivity contribution >= 4 is 30.3 Å². The molecule has 154 valence electrons. The second-order valence-electron chi connectivity index (χ2n) is 7.56.